The van der Waals surface area contributed by atoms with Crippen LogP contribution in [0.3, 0.4) is 0 Å². The summed E-state index contributed by atoms with van der Waals surface area (Å²) in [6.45, 7) is 2.37. The number of benzene rings is 3. The molecule has 0 spiro atoms. The van der Waals surface area contributed by atoms with Crippen LogP contribution in [0.1, 0.15) is 41.9 Å². The number of hydrogen-bond acceptors (Lipinski definition) is 7. The summed E-state index contributed by atoms with van der Waals surface area (Å²) in [7, 11) is 1.33. The van der Waals surface area contributed by atoms with Gasteiger partial charge in [-0.25, -0.2) is 14.6 Å². The molecule has 1 unspecified atom stereocenters. The van der Waals surface area contributed by atoms with Gasteiger partial charge in [-0.2, -0.15) is 0 Å². The van der Waals surface area contributed by atoms with Crippen molar-refractivity contribution in [2.45, 2.75) is 26.0 Å². The fraction of sp³-hybridized carbons (Fsp3) is 0.222. The summed E-state index contributed by atoms with van der Waals surface area (Å²) in [5, 5.41) is 18.4. The number of amides is 1. The molecular weight excluding hydrogens is 446 g/mol. The topological polar surface area (TPSA) is 110 Å². The van der Waals surface area contributed by atoms with Crippen LogP contribution in [-0.2, 0) is 9.47 Å². The van der Waals surface area contributed by atoms with Crippen molar-refractivity contribution >= 4 is 45.2 Å². The summed E-state index contributed by atoms with van der Waals surface area (Å²) in [6, 6.07) is 19.6. The highest BCUT2D eigenvalue weighted by Gasteiger charge is 2.18. The smallest absolute Gasteiger partial charge is 0.411 e. The number of aromatic nitrogens is 1. The van der Waals surface area contributed by atoms with Crippen molar-refractivity contribution in [3.05, 3.63) is 77.9 Å². The molecule has 1 atom stereocenters. The molecule has 3 aromatic carbocycles. The quantitative estimate of drug-likeness (QED) is 0.132. The first kappa shape index (κ1) is 24.0. The number of para-hydroxylation sites is 2. The molecule has 0 aliphatic rings. The Kier molecular flexibility index (Phi) is 7.42. The van der Waals surface area contributed by atoms with Gasteiger partial charge in [-0.05, 0) is 30.7 Å². The average molecular weight is 474 g/mol. The Morgan fingerprint density at radius 2 is 1.80 bits per heavy atom. The lowest BCUT2D eigenvalue weighted by Crippen LogP contribution is -2.15. The highest BCUT2D eigenvalue weighted by atomic mass is 16.5. The fourth-order valence-corrected chi connectivity index (χ4v) is 3.81. The summed E-state index contributed by atoms with van der Waals surface area (Å²) in [5.74, 6) is -0.491. The fourth-order valence-electron chi connectivity index (χ4n) is 3.81. The van der Waals surface area contributed by atoms with E-state index in [2.05, 4.69) is 15.6 Å². The Morgan fingerprint density at radius 3 is 2.60 bits per heavy atom. The number of aliphatic hydroxyl groups is 1. The molecule has 35 heavy (non-hydrogen) atoms. The predicted octanol–water partition coefficient (Wildman–Crippen LogP) is 5.63. The van der Waals surface area contributed by atoms with Gasteiger partial charge in [0.2, 0.25) is 0 Å². The number of carbonyl (C=O) groups excluding carboxylic acids is 2. The predicted molar refractivity (Wildman–Crippen MR) is 135 cm³/mol. The minimum atomic E-state index is -1.11. The van der Waals surface area contributed by atoms with E-state index in [4.69, 9.17) is 9.47 Å². The zero-order valence-corrected chi connectivity index (χ0v) is 19.6. The maximum atomic E-state index is 12.4. The molecule has 0 fully saturated rings. The van der Waals surface area contributed by atoms with E-state index in [-0.39, 0.29) is 0 Å². The monoisotopic (exact) mass is 473 g/mol. The number of methoxy groups -OCH3 is 1. The molecule has 0 aliphatic carbocycles. The van der Waals surface area contributed by atoms with Crippen LogP contribution in [0.4, 0.5) is 16.2 Å². The third-order valence-electron chi connectivity index (χ3n) is 5.58. The number of carbonyl (C=O) groups is 2. The molecule has 0 bridgehead atoms. The number of unbranched alkanes of at least 4 members (excludes halogenated alkanes) is 1. The van der Waals surface area contributed by atoms with Crippen molar-refractivity contribution < 1.29 is 24.2 Å². The minimum Gasteiger partial charge on any atom is -0.465 e. The van der Waals surface area contributed by atoms with Crippen LogP contribution < -0.4 is 10.6 Å². The summed E-state index contributed by atoms with van der Waals surface area (Å²) in [6.07, 6.45) is 0.0741. The molecule has 8 nitrogen and oxygen atoms in total. The number of rotatable bonds is 8. The molecular formula is C27H27N3O5. The Bertz CT molecular complexity index is 1370. The van der Waals surface area contributed by atoms with E-state index in [1.165, 1.54) is 7.11 Å². The van der Waals surface area contributed by atoms with Crippen LogP contribution in [0, 0.1) is 0 Å². The summed E-state index contributed by atoms with van der Waals surface area (Å²) in [4.78, 5) is 29.0. The molecule has 0 aliphatic heterocycles. The van der Waals surface area contributed by atoms with E-state index in [0.717, 1.165) is 18.2 Å². The lowest BCUT2D eigenvalue weighted by molar-refractivity contribution is 0.0602. The van der Waals surface area contributed by atoms with E-state index < -0.39 is 18.3 Å². The number of fused-ring (bicyclic) bond motifs is 2. The first-order chi connectivity index (χ1) is 17.0. The maximum Gasteiger partial charge on any atom is 0.411 e. The standard InChI is InChI=1S/C27H27N3O5/c1-3-4-15-35-27(33)28-18-10-7-9-17(16-18)25(31)30-23-19-11-5-6-14-22(19)29-24-20(23)12-8-13-21(24)26(32)34-2/h5-14,16,25,31H,3-4,15H2,1-2H3,(H,28,33)(H,29,30). The zero-order valence-electron chi connectivity index (χ0n) is 19.6. The van der Waals surface area contributed by atoms with E-state index in [0.29, 0.717) is 45.5 Å². The maximum absolute atomic E-state index is 12.4. The number of nitrogens with one attached hydrogen (secondary N) is 2. The average Bonchev–Trinajstić information content (AvgIpc) is 2.88. The molecule has 1 amide bonds. The molecule has 0 radical (unpaired) electrons. The number of esters is 1. The number of nitrogens with zero attached hydrogens (tertiary/aromatic N) is 1. The number of pyridine rings is 1. The Morgan fingerprint density at radius 1 is 1.03 bits per heavy atom. The van der Waals surface area contributed by atoms with Gasteiger partial charge in [-0.15, -0.1) is 0 Å². The molecule has 0 saturated carbocycles. The first-order valence-electron chi connectivity index (χ1n) is 11.4. The van der Waals surface area contributed by atoms with E-state index >= 15 is 0 Å². The third-order valence-corrected chi connectivity index (χ3v) is 5.58. The molecule has 1 heterocycles. The highest BCUT2D eigenvalue weighted by Crippen LogP contribution is 2.34. The molecule has 1 aromatic heterocycles. The van der Waals surface area contributed by atoms with Crippen molar-refractivity contribution in [3.63, 3.8) is 0 Å². The SMILES string of the molecule is CCCCOC(=O)Nc1cccc(C(O)Nc2c3ccccc3nc3c(C(=O)OC)cccc23)c1. The van der Waals surface area contributed by atoms with Gasteiger partial charge < -0.3 is 19.9 Å². The second-order valence-corrected chi connectivity index (χ2v) is 7.98. The Balaban J connectivity index is 1.67. The van der Waals surface area contributed by atoms with Crippen molar-refractivity contribution in [1.29, 1.82) is 0 Å². The number of aliphatic hydroxyl groups excluding tert-OH is 1. The molecule has 3 N–H and O–H groups in total. The van der Waals surface area contributed by atoms with Crippen LogP contribution in [0.25, 0.3) is 21.8 Å². The van der Waals surface area contributed by atoms with Crippen molar-refractivity contribution in [2.75, 3.05) is 24.4 Å². The summed E-state index contributed by atoms with van der Waals surface area (Å²) >= 11 is 0. The van der Waals surface area contributed by atoms with Crippen LogP contribution in [0.5, 0.6) is 0 Å². The summed E-state index contributed by atoms with van der Waals surface area (Å²) < 4.78 is 10.1. The minimum absolute atomic E-state index is 0.334. The van der Waals surface area contributed by atoms with Gasteiger partial charge in [0, 0.05) is 22.0 Å². The van der Waals surface area contributed by atoms with Gasteiger partial charge in [0.15, 0.2) is 6.23 Å². The number of anilines is 2. The molecule has 0 saturated heterocycles. The summed E-state index contributed by atoms with van der Waals surface area (Å²) in [5.41, 5.74) is 3.13. The zero-order chi connectivity index (χ0) is 24.8. The second kappa shape index (κ2) is 10.8. The molecule has 4 aromatic rings. The van der Waals surface area contributed by atoms with Crippen LogP contribution in [0.15, 0.2) is 66.7 Å². The molecule has 8 heteroatoms. The highest BCUT2D eigenvalue weighted by molar-refractivity contribution is 6.13. The second-order valence-electron chi connectivity index (χ2n) is 7.98. The van der Waals surface area contributed by atoms with Gasteiger partial charge in [-0.3, -0.25) is 5.32 Å². The third kappa shape index (κ3) is 5.33. The Labute approximate surface area is 202 Å². The van der Waals surface area contributed by atoms with Gasteiger partial charge >= 0.3 is 12.1 Å². The van der Waals surface area contributed by atoms with Crippen LogP contribution in [-0.4, -0.2) is 35.9 Å². The van der Waals surface area contributed by atoms with Crippen LogP contribution >= 0.6 is 0 Å². The van der Waals surface area contributed by atoms with Crippen molar-refractivity contribution in [3.8, 4) is 0 Å². The van der Waals surface area contributed by atoms with Crippen molar-refractivity contribution in [2.24, 2.45) is 0 Å². The van der Waals surface area contributed by atoms with Gasteiger partial charge in [0.1, 0.15) is 0 Å². The van der Waals surface area contributed by atoms with E-state index in [1.54, 1.807) is 36.4 Å². The molecule has 4 rings (SSSR count). The van der Waals surface area contributed by atoms with Gasteiger partial charge in [0.05, 0.1) is 36.0 Å². The van der Waals surface area contributed by atoms with Gasteiger partial charge in [0.25, 0.3) is 0 Å². The van der Waals surface area contributed by atoms with Crippen molar-refractivity contribution in [1.82, 2.24) is 4.98 Å². The lowest BCUT2D eigenvalue weighted by Gasteiger charge is -2.19. The number of ether oxygens (including phenoxy) is 2. The molecule has 180 valence electrons. The normalized spacial score (nSPS) is 11.7. The Hall–Kier alpha value is -4.17. The lowest BCUT2D eigenvalue weighted by atomic mass is 10.0. The number of hydrogen-bond donors (Lipinski definition) is 3. The first-order valence-corrected chi connectivity index (χ1v) is 11.4. The van der Waals surface area contributed by atoms with Crippen LogP contribution in [0.2, 0.25) is 0 Å². The van der Waals surface area contributed by atoms with E-state index in [9.17, 15) is 14.7 Å². The largest absolute Gasteiger partial charge is 0.465 e. The van der Waals surface area contributed by atoms with E-state index in [1.807, 2.05) is 37.3 Å². The van der Waals surface area contributed by atoms with Gasteiger partial charge in [-0.1, -0.05) is 55.8 Å².